The summed E-state index contributed by atoms with van der Waals surface area (Å²) >= 11 is 1.61. The highest BCUT2D eigenvalue weighted by Gasteiger charge is 2.22. The molecule has 0 spiro atoms. The van der Waals surface area contributed by atoms with Crippen LogP contribution in [0.3, 0.4) is 0 Å². The number of nitrogens with one attached hydrogen (secondary N) is 1. The maximum absolute atomic E-state index is 12.4. The van der Waals surface area contributed by atoms with Crippen LogP contribution in [0.25, 0.3) is 0 Å². The van der Waals surface area contributed by atoms with Gasteiger partial charge in [0.2, 0.25) is 5.91 Å². The molecule has 0 aromatic heterocycles. The zero-order chi connectivity index (χ0) is 18.2. The quantitative estimate of drug-likeness (QED) is 0.734. The van der Waals surface area contributed by atoms with E-state index in [9.17, 15) is 4.79 Å². The lowest BCUT2D eigenvalue weighted by molar-refractivity contribution is -0.118. The number of amides is 1. The number of rotatable bonds is 7. The Morgan fingerprint density at radius 3 is 2.46 bits per heavy atom. The molecule has 0 bridgehead atoms. The Balaban J connectivity index is 1.56. The van der Waals surface area contributed by atoms with E-state index in [1.165, 1.54) is 35.3 Å². The number of hydrogen-bond donors (Lipinski definition) is 1. The van der Waals surface area contributed by atoms with Crippen molar-refractivity contribution in [3.63, 3.8) is 0 Å². The Kier molecular flexibility index (Phi) is 7.15. The predicted octanol–water partition coefficient (Wildman–Crippen LogP) is 4.43. The fourth-order valence-electron chi connectivity index (χ4n) is 3.49. The summed E-state index contributed by atoms with van der Waals surface area (Å²) in [6.07, 6.45) is 3.82. The van der Waals surface area contributed by atoms with Gasteiger partial charge in [-0.15, -0.1) is 11.8 Å². The van der Waals surface area contributed by atoms with Gasteiger partial charge < -0.3 is 5.32 Å². The first-order chi connectivity index (χ1) is 12.7. The Hall–Kier alpha value is -1.78. The van der Waals surface area contributed by atoms with Gasteiger partial charge in [-0.25, -0.2) is 0 Å². The molecular weight excluding hydrogens is 340 g/mol. The van der Waals surface area contributed by atoms with Crippen LogP contribution in [0.5, 0.6) is 0 Å². The standard InChI is InChI=1S/C22H28N2OS/c1-18-10-6-7-13-21(18)26-17-22(25)23-16-20(19-11-4-2-5-12-19)24-14-8-3-9-15-24/h2,4-7,10-13,20H,3,8-9,14-17H2,1H3,(H,23,25)/t20-/m0/s1. The number of piperidine rings is 1. The largest absolute Gasteiger partial charge is 0.353 e. The van der Waals surface area contributed by atoms with Gasteiger partial charge in [0.25, 0.3) is 0 Å². The van der Waals surface area contributed by atoms with E-state index in [1.807, 2.05) is 18.2 Å². The molecule has 1 atom stereocenters. The number of benzene rings is 2. The van der Waals surface area contributed by atoms with E-state index in [0.717, 1.165) is 13.1 Å². The molecule has 0 unspecified atom stereocenters. The molecule has 3 rings (SSSR count). The lowest BCUT2D eigenvalue weighted by Gasteiger charge is -2.35. The molecule has 4 heteroatoms. The maximum Gasteiger partial charge on any atom is 0.230 e. The molecule has 1 fully saturated rings. The fraction of sp³-hybridized carbons (Fsp3) is 0.409. The van der Waals surface area contributed by atoms with Crippen molar-refractivity contribution in [2.75, 3.05) is 25.4 Å². The predicted molar refractivity (Wildman–Crippen MR) is 110 cm³/mol. The van der Waals surface area contributed by atoms with Crippen LogP contribution in [0.4, 0.5) is 0 Å². The van der Waals surface area contributed by atoms with Crippen molar-refractivity contribution < 1.29 is 4.79 Å². The second-order valence-corrected chi connectivity index (χ2v) is 7.90. The molecule has 2 aromatic rings. The van der Waals surface area contributed by atoms with Crippen LogP contribution in [-0.4, -0.2) is 36.2 Å². The minimum Gasteiger partial charge on any atom is -0.353 e. The van der Waals surface area contributed by atoms with Crippen molar-refractivity contribution in [1.29, 1.82) is 0 Å². The van der Waals surface area contributed by atoms with Gasteiger partial charge in [-0.3, -0.25) is 9.69 Å². The number of nitrogens with zero attached hydrogens (tertiary/aromatic N) is 1. The summed E-state index contributed by atoms with van der Waals surface area (Å²) in [6.45, 7) is 5.00. The normalized spacial score (nSPS) is 16.2. The molecule has 3 nitrogen and oxygen atoms in total. The molecule has 1 aliphatic heterocycles. The average molecular weight is 369 g/mol. The van der Waals surface area contributed by atoms with Gasteiger partial charge >= 0.3 is 0 Å². The number of aryl methyl sites for hydroxylation is 1. The number of likely N-dealkylation sites (tertiary alicyclic amines) is 1. The van der Waals surface area contributed by atoms with Crippen molar-refractivity contribution >= 4 is 17.7 Å². The fourth-order valence-corrected chi connectivity index (χ4v) is 4.35. The van der Waals surface area contributed by atoms with Gasteiger partial charge in [0.05, 0.1) is 11.8 Å². The van der Waals surface area contributed by atoms with Crippen LogP contribution >= 0.6 is 11.8 Å². The minimum absolute atomic E-state index is 0.108. The lowest BCUT2D eigenvalue weighted by atomic mass is 10.0. The van der Waals surface area contributed by atoms with E-state index in [2.05, 4.69) is 53.5 Å². The lowest BCUT2D eigenvalue weighted by Crippen LogP contribution is -2.41. The van der Waals surface area contributed by atoms with Crippen LogP contribution in [0.2, 0.25) is 0 Å². The monoisotopic (exact) mass is 368 g/mol. The summed E-state index contributed by atoms with van der Waals surface area (Å²) < 4.78 is 0. The highest BCUT2D eigenvalue weighted by atomic mass is 32.2. The third-order valence-electron chi connectivity index (χ3n) is 4.96. The van der Waals surface area contributed by atoms with E-state index >= 15 is 0 Å². The molecule has 1 N–H and O–H groups in total. The van der Waals surface area contributed by atoms with E-state index in [1.54, 1.807) is 11.8 Å². The van der Waals surface area contributed by atoms with Crippen LogP contribution in [0, 0.1) is 6.92 Å². The number of carbonyl (C=O) groups is 1. The van der Waals surface area contributed by atoms with Crippen LogP contribution in [-0.2, 0) is 4.79 Å². The van der Waals surface area contributed by atoms with Gasteiger partial charge in [0.15, 0.2) is 0 Å². The molecule has 138 valence electrons. The molecule has 1 heterocycles. The second-order valence-electron chi connectivity index (χ2n) is 6.88. The van der Waals surface area contributed by atoms with Crippen molar-refractivity contribution in [2.24, 2.45) is 0 Å². The minimum atomic E-state index is 0.108. The molecule has 1 amide bonds. The third-order valence-corrected chi connectivity index (χ3v) is 6.14. The number of hydrogen-bond acceptors (Lipinski definition) is 3. The molecule has 0 aliphatic carbocycles. The van der Waals surface area contributed by atoms with Crippen molar-refractivity contribution in [2.45, 2.75) is 37.1 Å². The van der Waals surface area contributed by atoms with Crippen molar-refractivity contribution in [3.05, 3.63) is 65.7 Å². The first-order valence-electron chi connectivity index (χ1n) is 9.48. The van der Waals surface area contributed by atoms with Gasteiger partial charge in [0.1, 0.15) is 0 Å². The maximum atomic E-state index is 12.4. The third kappa shape index (κ3) is 5.36. The molecule has 26 heavy (non-hydrogen) atoms. The zero-order valence-electron chi connectivity index (χ0n) is 15.5. The van der Waals surface area contributed by atoms with Gasteiger partial charge in [-0.2, -0.15) is 0 Å². The summed E-state index contributed by atoms with van der Waals surface area (Å²) in [5, 5.41) is 3.17. The summed E-state index contributed by atoms with van der Waals surface area (Å²) in [7, 11) is 0. The molecule has 1 saturated heterocycles. The Labute approximate surface area is 161 Å². The Bertz CT molecular complexity index is 698. The first kappa shape index (κ1) is 19.0. The highest BCUT2D eigenvalue weighted by Crippen LogP contribution is 2.24. The van der Waals surface area contributed by atoms with Crippen LogP contribution in [0.15, 0.2) is 59.5 Å². The Morgan fingerprint density at radius 1 is 1.04 bits per heavy atom. The Morgan fingerprint density at radius 2 is 1.73 bits per heavy atom. The molecule has 1 aliphatic rings. The van der Waals surface area contributed by atoms with Gasteiger partial charge in [-0.1, -0.05) is 55.0 Å². The molecule has 0 saturated carbocycles. The number of thioether (sulfide) groups is 1. The summed E-state index contributed by atoms with van der Waals surface area (Å²) in [4.78, 5) is 16.1. The molecule has 0 radical (unpaired) electrons. The SMILES string of the molecule is Cc1ccccc1SCC(=O)NC[C@@H](c1ccccc1)N1CCCCC1. The van der Waals surface area contributed by atoms with Crippen LogP contribution in [0.1, 0.15) is 36.4 Å². The van der Waals surface area contributed by atoms with Crippen molar-refractivity contribution in [3.8, 4) is 0 Å². The van der Waals surface area contributed by atoms with Crippen LogP contribution < -0.4 is 5.32 Å². The first-order valence-corrected chi connectivity index (χ1v) is 10.5. The molecule has 2 aromatic carbocycles. The van der Waals surface area contributed by atoms with E-state index in [4.69, 9.17) is 0 Å². The summed E-state index contributed by atoms with van der Waals surface area (Å²) in [6, 6.07) is 19.1. The average Bonchev–Trinajstić information content (AvgIpc) is 2.69. The zero-order valence-corrected chi connectivity index (χ0v) is 16.3. The smallest absolute Gasteiger partial charge is 0.230 e. The summed E-state index contributed by atoms with van der Waals surface area (Å²) in [5.41, 5.74) is 2.52. The highest BCUT2D eigenvalue weighted by molar-refractivity contribution is 8.00. The van der Waals surface area contributed by atoms with E-state index in [-0.39, 0.29) is 11.9 Å². The molecular formula is C22H28N2OS. The van der Waals surface area contributed by atoms with E-state index in [0.29, 0.717) is 12.3 Å². The number of carbonyl (C=O) groups excluding carboxylic acids is 1. The summed E-state index contributed by atoms with van der Waals surface area (Å²) in [5.74, 6) is 0.572. The van der Waals surface area contributed by atoms with E-state index < -0.39 is 0 Å². The topological polar surface area (TPSA) is 32.3 Å². The van der Waals surface area contributed by atoms with Gasteiger partial charge in [0, 0.05) is 11.4 Å². The second kappa shape index (κ2) is 9.79. The van der Waals surface area contributed by atoms with Crippen molar-refractivity contribution in [1.82, 2.24) is 10.2 Å². The van der Waals surface area contributed by atoms with Gasteiger partial charge in [-0.05, 0) is 50.0 Å².